The van der Waals surface area contributed by atoms with Gasteiger partial charge in [-0.3, -0.25) is 14.4 Å². The van der Waals surface area contributed by atoms with E-state index < -0.39 is 25.8 Å². The van der Waals surface area contributed by atoms with Crippen molar-refractivity contribution >= 4 is 38.2 Å². The first-order valence-corrected chi connectivity index (χ1v) is 7.03. The van der Waals surface area contributed by atoms with Gasteiger partial charge in [-0.1, -0.05) is 0 Å². The first kappa shape index (κ1) is 18.5. The zero-order valence-corrected chi connectivity index (χ0v) is 11.0. The van der Waals surface area contributed by atoms with Crippen LogP contribution in [0.1, 0.15) is 19.3 Å². The van der Waals surface area contributed by atoms with Gasteiger partial charge in [-0.25, -0.2) is 0 Å². The normalized spacial score (nSPS) is 9.71. The molecule has 0 aliphatic rings. The van der Waals surface area contributed by atoms with Crippen LogP contribution in [0.2, 0.25) is 0 Å². The fourth-order valence-corrected chi connectivity index (χ4v) is 3.68. The van der Waals surface area contributed by atoms with Crippen molar-refractivity contribution in [1.29, 1.82) is 0 Å². The summed E-state index contributed by atoms with van der Waals surface area (Å²) in [6, 6.07) is 0. The highest BCUT2D eigenvalue weighted by Gasteiger charge is 2.20. The molecule has 0 atom stereocenters. The largest absolute Gasteiger partial charge is 0.481 e. The number of carbonyl (C=O) groups is 3. The van der Waals surface area contributed by atoms with E-state index in [0.29, 0.717) is 18.5 Å². The van der Waals surface area contributed by atoms with Crippen LogP contribution in [0.3, 0.4) is 0 Å². The number of hydrogen-bond donors (Lipinski definition) is 3. The maximum atomic E-state index is 10.4. The van der Waals surface area contributed by atoms with Crippen molar-refractivity contribution in [2.45, 2.75) is 19.3 Å². The zero-order chi connectivity index (χ0) is 12.6. The minimum absolute atomic E-state index is 0. The van der Waals surface area contributed by atoms with Crippen LogP contribution in [-0.4, -0.2) is 51.7 Å². The summed E-state index contributed by atoms with van der Waals surface area (Å²) in [6.07, 6.45) is 1.27. The molecule has 0 bridgehead atoms. The van der Waals surface area contributed by atoms with Crippen molar-refractivity contribution in [3.8, 4) is 0 Å². The summed E-state index contributed by atoms with van der Waals surface area (Å²) >= 11 is 0. The van der Waals surface area contributed by atoms with Crippen molar-refractivity contribution in [3.05, 3.63) is 0 Å². The highest BCUT2D eigenvalue weighted by Crippen LogP contribution is 2.37. The summed E-state index contributed by atoms with van der Waals surface area (Å²) in [5.74, 6) is -2.77. The van der Waals surface area contributed by atoms with E-state index in [4.69, 9.17) is 15.3 Å². The molecule has 17 heavy (non-hydrogen) atoms. The quantitative estimate of drug-likeness (QED) is 0.546. The van der Waals surface area contributed by atoms with E-state index in [1.165, 1.54) is 0 Å². The zero-order valence-electron chi connectivity index (χ0n) is 9.22. The molecule has 0 unspecified atom stereocenters. The molecular formula is C9H17ClO6P+. The van der Waals surface area contributed by atoms with E-state index in [1.807, 2.05) is 0 Å². The highest BCUT2D eigenvalue weighted by atomic mass is 35.5. The lowest BCUT2D eigenvalue weighted by Crippen LogP contribution is -2.07. The maximum Gasteiger partial charge on any atom is 0.307 e. The number of hydrogen-bond acceptors (Lipinski definition) is 3. The van der Waals surface area contributed by atoms with Gasteiger partial charge in [0, 0.05) is 7.92 Å². The molecule has 0 rings (SSSR count). The molecule has 0 fully saturated rings. The fourth-order valence-electron chi connectivity index (χ4n) is 1.23. The number of halogens is 1. The van der Waals surface area contributed by atoms with Crippen LogP contribution >= 0.6 is 20.3 Å². The van der Waals surface area contributed by atoms with Crippen LogP contribution in [0, 0.1) is 0 Å². The second-order valence-corrected chi connectivity index (χ2v) is 6.43. The predicted octanol–water partition coefficient (Wildman–Crippen LogP) is 1.05. The Morgan fingerprint density at radius 1 is 0.706 bits per heavy atom. The van der Waals surface area contributed by atoms with Crippen LogP contribution in [0.5, 0.6) is 0 Å². The monoisotopic (exact) mass is 287 g/mol. The van der Waals surface area contributed by atoms with Gasteiger partial charge in [0.1, 0.15) is 0 Å². The van der Waals surface area contributed by atoms with E-state index in [9.17, 15) is 14.4 Å². The molecule has 0 aromatic rings. The molecule has 0 saturated carbocycles. The molecular weight excluding hydrogens is 271 g/mol. The van der Waals surface area contributed by atoms with Crippen LogP contribution in [0.25, 0.3) is 0 Å². The summed E-state index contributed by atoms with van der Waals surface area (Å²) in [4.78, 5) is 31.1. The standard InChI is InChI=1S/C9H15O6P.ClH/c10-7(11)1-4-16(5-2-8(12)13)6-3-9(14)15;/h1-6H2,(H,10,11)(H,12,13)(H,14,15);1H/p+1. The third-order valence-electron chi connectivity index (χ3n) is 2.08. The molecule has 3 N–H and O–H groups in total. The highest BCUT2D eigenvalue weighted by molar-refractivity contribution is 7.57. The van der Waals surface area contributed by atoms with Crippen molar-refractivity contribution < 1.29 is 29.7 Å². The molecule has 0 saturated heterocycles. The second-order valence-electron chi connectivity index (χ2n) is 3.43. The van der Waals surface area contributed by atoms with E-state index in [0.717, 1.165) is 0 Å². The second kappa shape index (κ2) is 10.3. The lowest BCUT2D eigenvalue weighted by atomic mass is 10.5. The van der Waals surface area contributed by atoms with Crippen molar-refractivity contribution in [3.63, 3.8) is 0 Å². The minimum atomic E-state index is -1.17. The van der Waals surface area contributed by atoms with Gasteiger partial charge in [0.15, 0.2) is 0 Å². The van der Waals surface area contributed by atoms with Gasteiger partial charge >= 0.3 is 17.9 Å². The van der Waals surface area contributed by atoms with Crippen molar-refractivity contribution in [1.82, 2.24) is 0 Å². The molecule has 8 heteroatoms. The van der Waals surface area contributed by atoms with Gasteiger partial charge in [0.25, 0.3) is 0 Å². The first-order valence-electron chi connectivity index (χ1n) is 4.90. The van der Waals surface area contributed by atoms with Gasteiger partial charge < -0.3 is 15.3 Å². The van der Waals surface area contributed by atoms with Gasteiger partial charge in [-0.2, -0.15) is 0 Å². The lowest BCUT2D eigenvalue weighted by Gasteiger charge is -2.06. The average Bonchev–Trinajstić information content (AvgIpc) is 2.15. The molecule has 0 amide bonds. The Bertz CT molecular complexity index is 227. The molecule has 0 radical (unpaired) electrons. The summed E-state index contributed by atoms with van der Waals surface area (Å²) in [5, 5.41) is 25.5. The van der Waals surface area contributed by atoms with E-state index >= 15 is 0 Å². The molecule has 0 aromatic carbocycles. The van der Waals surface area contributed by atoms with E-state index in [2.05, 4.69) is 0 Å². The molecule has 0 aliphatic heterocycles. The average molecular weight is 288 g/mol. The van der Waals surface area contributed by atoms with Crippen LogP contribution in [-0.2, 0) is 14.4 Å². The smallest absolute Gasteiger partial charge is 0.307 e. The molecule has 0 aromatic heterocycles. The Labute approximate surface area is 106 Å². The Hall–Kier alpha value is -0.870. The summed E-state index contributed by atoms with van der Waals surface area (Å²) in [6.45, 7) is 0. The Kier molecular flexibility index (Phi) is 11.2. The van der Waals surface area contributed by atoms with Crippen molar-refractivity contribution in [2.75, 3.05) is 18.5 Å². The number of carboxylic acid groups (broad SMARTS) is 3. The van der Waals surface area contributed by atoms with Crippen LogP contribution in [0.4, 0.5) is 0 Å². The molecule has 6 nitrogen and oxygen atoms in total. The van der Waals surface area contributed by atoms with Gasteiger partial charge in [-0.15, -0.1) is 12.4 Å². The molecule has 0 spiro atoms. The van der Waals surface area contributed by atoms with Gasteiger partial charge in [0.05, 0.1) is 37.7 Å². The summed E-state index contributed by atoms with van der Waals surface area (Å²) < 4.78 is 0. The lowest BCUT2D eigenvalue weighted by molar-refractivity contribution is -0.137. The Morgan fingerprint density at radius 3 is 1.12 bits per heavy atom. The van der Waals surface area contributed by atoms with E-state index in [-0.39, 0.29) is 31.7 Å². The van der Waals surface area contributed by atoms with Crippen LogP contribution < -0.4 is 0 Å². The SMILES string of the molecule is Cl.O=C(O)CC[PH+](CCC(=O)O)CCC(=O)O. The summed E-state index contributed by atoms with van der Waals surface area (Å²) in [5.41, 5.74) is 0. The number of rotatable bonds is 9. The molecule has 0 aliphatic carbocycles. The predicted molar refractivity (Wildman–Crippen MR) is 66.9 cm³/mol. The first-order chi connectivity index (χ1) is 7.41. The third kappa shape index (κ3) is 13.1. The van der Waals surface area contributed by atoms with E-state index in [1.54, 1.807) is 0 Å². The van der Waals surface area contributed by atoms with Crippen molar-refractivity contribution in [2.24, 2.45) is 0 Å². The van der Waals surface area contributed by atoms with Gasteiger partial charge in [0.2, 0.25) is 0 Å². The van der Waals surface area contributed by atoms with Crippen LogP contribution in [0.15, 0.2) is 0 Å². The topological polar surface area (TPSA) is 112 Å². The number of aliphatic carboxylic acids is 3. The molecule has 0 heterocycles. The Morgan fingerprint density at radius 2 is 0.941 bits per heavy atom. The fraction of sp³-hybridized carbons (Fsp3) is 0.667. The van der Waals surface area contributed by atoms with Gasteiger partial charge in [-0.05, 0) is 0 Å². The number of carboxylic acids is 3. The maximum absolute atomic E-state index is 10.4. The minimum Gasteiger partial charge on any atom is -0.481 e. The molecule has 100 valence electrons. The Balaban J connectivity index is 0. The third-order valence-corrected chi connectivity index (χ3v) is 4.95. The summed E-state index contributed by atoms with van der Waals surface area (Å²) in [7, 11) is -1.17.